The molecule has 0 saturated heterocycles. The summed E-state index contributed by atoms with van der Waals surface area (Å²) in [4.78, 5) is 18.1. The maximum absolute atomic E-state index is 10.8. The Kier molecular flexibility index (Phi) is 13.0. The molecular formula is C72H47N5. The Labute approximate surface area is 449 Å². The fourth-order valence-electron chi connectivity index (χ4n) is 10.4. The summed E-state index contributed by atoms with van der Waals surface area (Å²) in [5.41, 5.74) is 23.7. The standard InChI is InChI=1S/C72H47N5/c1-48-26-37-71(77-47-48)53-32-35-66(68(44-53)51-29-27-50(28-30-51)49-16-4-3-5-17-49)64-22-10-7-19-60(64)56-41-55(59-18-6-9-21-63(59)62-34-31-52(40-58(62)46-73)69-24-12-14-38-75-69)42-57(43-56)61-20-8-11-23-65(61)67-36-33-54(45-72(67)74-2)70-25-13-15-39-76-70/h3-45,47H,1H3. The van der Waals surface area contributed by atoms with Gasteiger partial charge in [-0.05, 0) is 168 Å². The molecule has 0 atom stereocenters. The lowest BCUT2D eigenvalue weighted by Gasteiger charge is -2.20. The van der Waals surface area contributed by atoms with Crippen LogP contribution in [0, 0.1) is 24.8 Å². The van der Waals surface area contributed by atoms with Gasteiger partial charge >= 0.3 is 0 Å². The molecular weight excluding hydrogens is 935 g/mol. The monoisotopic (exact) mass is 981 g/mol. The van der Waals surface area contributed by atoms with E-state index in [0.29, 0.717) is 11.3 Å². The summed E-state index contributed by atoms with van der Waals surface area (Å²) >= 11 is 0. The van der Waals surface area contributed by atoms with Gasteiger partial charge < -0.3 is 0 Å². The van der Waals surface area contributed by atoms with Gasteiger partial charge in [0.15, 0.2) is 5.69 Å². The van der Waals surface area contributed by atoms with Gasteiger partial charge in [-0.15, -0.1) is 0 Å². The molecule has 0 aliphatic rings. The molecule has 12 rings (SSSR count). The van der Waals surface area contributed by atoms with Crippen LogP contribution in [0.5, 0.6) is 0 Å². The molecule has 0 unspecified atom stereocenters. The van der Waals surface area contributed by atoms with Crippen molar-refractivity contribution in [1.29, 1.82) is 5.26 Å². The molecule has 77 heavy (non-hydrogen) atoms. The van der Waals surface area contributed by atoms with Gasteiger partial charge in [0.1, 0.15) is 0 Å². The topological polar surface area (TPSA) is 66.8 Å². The van der Waals surface area contributed by atoms with E-state index in [2.05, 4.69) is 192 Å². The maximum Gasteiger partial charge on any atom is 0.195 e. The second-order valence-electron chi connectivity index (χ2n) is 19.0. The zero-order valence-corrected chi connectivity index (χ0v) is 42.1. The van der Waals surface area contributed by atoms with Crippen molar-refractivity contribution in [3.8, 4) is 129 Å². The molecule has 0 spiro atoms. The lowest BCUT2D eigenvalue weighted by Crippen LogP contribution is -1.94. The predicted octanol–water partition coefficient (Wildman–Crippen LogP) is 18.9. The van der Waals surface area contributed by atoms with Crippen molar-refractivity contribution >= 4 is 5.69 Å². The van der Waals surface area contributed by atoms with Crippen LogP contribution in [-0.4, -0.2) is 15.0 Å². The van der Waals surface area contributed by atoms with Gasteiger partial charge in [0.2, 0.25) is 0 Å². The van der Waals surface area contributed by atoms with E-state index in [1.807, 2.05) is 91.1 Å². The molecule has 3 heterocycles. The average Bonchev–Trinajstić information content (AvgIpc) is 3.54. The third kappa shape index (κ3) is 9.61. The molecule has 360 valence electrons. The van der Waals surface area contributed by atoms with Gasteiger partial charge in [0.05, 0.1) is 35.3 Å². The second kappa shape index (κ2) is 21.1. The van der Waals surface area contributed by atoms with Gasteiger partial charge in [-0.2, -0.15) is 5.26 Å². The van der Waals surface area contributed by atoms with E-state index in [9.17, 15) is 5.26 Å². The van der Waals surface area contributed by atoms with Crippen LogP contribution in [0.1, 0.15) is 11.1 Å². The smallest absolute Gasteiger partial charge is 0.195 e. The van der Waals surface area contributed by atoms with Gasteiger partial charge in [0.25, 0.3) is 0 Å². The van der Waals surface area contributed by atoms with Gasteiger partial charge in [-0.3, -0.25) is 15.0 Å². The highest BCUT2D eigenvalue weighted by Crippen LogP contribution is 2.46. The summed E-state index contributed by atoms with van der Waals surface area (Å²) < 4.78 is 0. The molecule has 0 radical (unpaired) electrons. The molecule has 3 aromatic heterocycles. The van der Waals surface area contributed by atoms with Gasteiger partial charge in [-0.1, -0.05) is 182 Å². The number of hydrogen-bond donors (Lipinski definition) is 0. The average molecular weight is 982 g/mol. The summed E-state index contributed by atoms with van der Waals surface area (Å²) in [6, 6.07) is 88.6. The first-order valence-corrected chi connectivity index (χ1v) is 25.6. The number of nitrogens with zero attached hydrogens (tertiary/aromatic N) is 5. The Morgan fingerprint density at radius 1 is 0.325 bits per heavy atom. The Bertz CT molecular complexity index is 4050. The van der Waals surface area contributed by atoms with Crippen LogP contribution >= 0.6 is 0 Å². The second-order valence-corrected chi connectivity index (χ2v) is 19.0. The van der Waals surface area contributed by atoms with Crippen molar-refractivity contribution in [1.82, 2.24) is 15.0 Å². The number of aromatic nitrogens is 3. The molecule has 0 bridgehead atoms. The zero-order valence-electron chi connectivity index (χ0n) is 42.1. The van der Waals surface area contributed by atoms with Crippen molar-refractivity contribution in [3.63, 3.8) is 0 Å². The third-order valence-electron chi connectivity index (χ3n) is 14.2. The van der Waals surface area contributed by atoms with Gasteiger partial charge in [-0.25, -0.2) is 4.85 Å². The minimum absolute atomic E-state index is 0.541. The number of aryl methyl sites for hydroxylation is 1. The van der Waals surface area contributed by atoms with Crippen LogP contribution in [-0.2, 0) is 0 Å². The molecule has 0 saturated carbocycles. The van der Waals surface area contributed by atoms with E-state index < -0.39 is 0 Å². The zero-order chi connectivity index (χ0) is 52.1. The van der Waals surface area contributed by atoms with E-state index in [0.717, 1.165) is 123 Å². The van der Waals surface area contributed by atoms with Crippen molar-refractivity contribution in [2.45, 2.75) is 6.92 Å². The quantitative estimate of drug-likeness (QED) is 0.121. The number of benzene rings is 9. The van der Waals surface area contributed by atoms with E-state index in [1.54, 1.807) is 12.4 Å². The number of pyridine rings is 3. The van der Waals surface area contributed by atoms with Crippen LogP contribution in [0.4, 0.5) is 5.69 Å². The molecule has 12 aromatic rings. The number of nitriles is 1. The first kappa shape index (κ1) is 47.4. The molecule has 0 aliphatic heterocycles. The summed E-state index contributed by atoms with van der Waals surface area (Å²) in [5.74, 6) is 0. The van der Waals surface area contributed by atoms with Crippen LogP contribution in [0.25, 0.3) is 128 Å². The molecule has 5 nitrogen and oxygen atoms in total. The van der Waals surface area contributed by atoms with Gasteiger partial charge in [0, 0.05) is 35.3 Å². The summed E-state index contributed by atoms with van der Waals surface area (Å²) in [7, 11) is 0. The van der Waals surface area contributed by atoms with Crippen LogP contribution in [0.2, 0.25) is 0 Å². The molecule has 9 aromatic carbocycles. The summed E-state index contributed by atoms with van der Waals surface area (Å²) in [6.45, 7) is 10.5. The van der Waals surface area contributed by atoms with Crippen molar-refractivity contribution < 1.29 is 0 Å². The highest BCUT2D eigenvalue weighted by atomic mass is 14.7. The van der Waals surface area contributed by atoms with E-state index >= 15 is 0 Å². The Hall–Kier alpha value is -10.6. The maximum atomic E-state index is 10.8. The van der Waals surface area contributed by atoms with Crippen molar-refractivity contribution in [2.75, 3.05) is 0 Å². The first-order valence-electron chi connectivity index (χ1n) is 25.6. The Morgan fingerprint density at radius 3 is 1.29 bits per heavy atom. The Balaban J connectivity index is 1.06. The fraction of sp³-hybridized carbons (Fsp3) is 0.0139. The number of rotatable bonds is 11. The molecule has 0 N–H and O–H groups in total. The fourth-order valence-corrected chi connectivity index (χ4v) is 10.4. The van der Waals surface area contributed by atoms with E-state index in [1.165, 1.54) is 5.56 Å². The minimum Gasteiger partial charge on any atom is -0.256 e. The van der Waals surface area contributed by atoms with Crippen LogP contribution in [0.3, 0.4) is 0 Å². The predicted molar refractivity (Wildman–Crippen MR) is 315 cm³/mol. The third-order valence-corrected chi connectivity index (χ3v) is 14.2. The highest BCUT2D eigenvalue weighted by Gasteiger charge is 2.21. The SMILES string of the molecule is [C-]#[N+]c1cc(-c2ccccn2)ccc1-c1ccccc1-c1cc(-c2ccccc2-c2ccc(-c3ccccn3)cc2C#N)cc(-c2ccccc2-c2ccc(-c3ccc(C)cn3)cc2-c2ccc(-c3ccccc3)cc2)c1. The highest BCUT2D eigenvalue weighted by molar-refractivity contribution is 5.99. The van der Waals surface area contributed by atoms with E-state index in [-0.39, 0.29) is 0 Å². The summed E-state index contributed by atoms with van der Waals surface area (Å²) in [6.07, 6.45) is 5.47. The summed E-state index contributed by atoms with van der Waals surface area (Å²) in [5, 5.41) is 10.8. The first-order chi connectivity index (χ1) is 38.0. The largest absolute Gasteiger partial charge is 0.256 e. The minimum atomic E-state index is 0.541. The Morgan fingerprint density at radius 2 is 0.753 bits per heavy atom. The lowest BCUT2D eigenvalue weighted by molar-refractivity contribution is 1.27. The van der Waals surface area contributed by atoms with Crippen LogP contribution in [0.15, 0.2) is 267 Å². The van der Waals surface area contributed by atoms with Crippen LogP contribution < -0.4 is 0 Å². The normalized spacial score (nSPS) is 10.9. The number of hydrogen-bond acceptors (Lipinski definition) is 4. The molecule has 5 heteroatoms. The molecule has 0 fully saturated rings. The molecule has 0 aliphatic carbocycles. The van der Waals surface area contributed by atoms with Crippen molar-refractivity contribution in [2.24, 2.45) is 0 Å². The lowest BCUT2D eigenvalue weighted by atomic mass is 9.84. The van der Waals surface area contributed by atoms with Crippen molar-refractivity contribution in [3.05, 3.63) is 290 Å². The van der Waals surface area contributed by atoms with E-state index in [4.69, 9.17) is 11.6 Å². The molecule has 0 amide bonds.